The van der Waals surface area contributed by atoms with Crippen LogP contribution < -0.4 is 20.5 Å². The molecule has 1 aliphatic heterocycles. The van der Waals surface area contributed by atoms with Gasteiger partial charge in [0.25, 0.3) is 0 Å². The molecule has 3 rings (SSSR count). The summed E-state index contributed by atoms with van der Waals surface area (Å²) in [4.78, 5) is 11.8. The van der Waals surface area contributed by atoms with Gasteiger partial charge >= 0.3 is 5.97 Å². The lowest BCUT2D eigenvalue weighted by Gasteiger charge is -2.13. The maximum Gasteiger partial charge on any atom is 0.340 e. The molecule has 0 unspecified atom stereocenters. The van der Waals surface area contributed by atoms with E-state index in [0.717, 1.165) is 5.69 Å². The highest BCUT2D eigenvalue weighted by molar-refractivity contribution is 5.99. The van der Waals surface area contributed by atoms with E-state index in [-0.39, 0.29) is 6.79 Å². The molecule has 108 valence electrons. The molecular weight excluding hydrogens is 272 g/mol. The van der Waals surface area contributed by atoms with Crippen LogP contribution in [-0.2, 0) is 4.74 Å². The minimum atomic E-state index is -0.453. The number of benzene rings is 2. The highest BCUT2D eigenvalue weighted by Crippen LogP contribution is 2.36. The molecular formula is C15H14N2O4. The first-order chi connectivity index (χ1) is 10.2. The van der Waals surface area contributed by atoms with E-state index in [1.807, 2.05) is 6.07 Å². The first-order valence-electron chi connectivity index (χ1n) is 6.32. The molecule has 0 amide bonds. The average molecular weight is 286 g/mol. The van der Waals surface area contributed by atoms with Crippen LogP contribution >= 0.6 is 0 Å². The second-order valence-electron chi connectivity index (χ2n) is 4.45. The SMILES string of the molecule is COC(=O)c1cccc(N)c1Nc1ccc2c(c1)OCO2. The van der Waals surface area contributed by atoms with Crippen LogP contribution in [0.2, 0.25) is 0 Å². The summed E-state index contributed by atoms with van der Waals surface area (Å²) in [6.07, 6.45) is 0. The van der Waals surface area contributed by atoms with Crippen molar-refractivity contribution in [3.8, 4) is 11.5 Å². The molecule has 0 radical (unpaired) electrons. The Labute approximate surface area is 121 Å². The molecule has 0 saturated carbocycles. The van der Waals surface area contributed by atoms with E-state index in [1.54, 1.807) is 30.3 Å². The summed E-state index contributed by atoms with van der Waals surface area (Å²) in [7, 11) is 1.33. The lowest BCUT2D eigenvalue weighted by atomic mass is 10.1. The Morgan fingerprint density at radius 1 is 1.24 bits per heavy atom. The van der Waals surface area contributed by atoms with Crippen molar-refractivity contribution < 1.29 is 19.0 Å². The van der Waals surface area contributed by atoms with Gasteiger partial charge in [-0.05, 0) is 24.3 Å². The number of nitrogens with two attached hydrogens (primary N) is 1. The van der Waals surface area contributed by atoms with Gasteiger partial charge in [0, 0.05) is 11.8 Å². The Hall–Kier alpha value is -2.89. The van der Waals surface area contributed by atoms with Gasteiger partial charge in [0.05, 0.1) is 24.0 Å². The fourth-order valence-electron chi connectivity index (χ4n) is 2.11. The number of methoxy groups -OCH3 is 1. The minimum Gasteiger partial charge on any atom is -0.465 e. The van der Waals surface area contributed by atoms with Crippen molar-refractivity contribution in [3.05, 3.63) is 42.0 Å². The van der Waals surface area contributed by atoms with Crippen molar-refractivity contribution in [2.75, 3.05) is 25.0 Å². The van der Waals surface area contributed by atoms with Crippen LogP contribution in [0.15, 0.2) is 36.4 Å². The Morgan fingerprint density at radius 2 is 2.05 bits per heavy atom. The maximum absolute atomic E-state index is 11.8. The average Bonchev–Trinajstić information content (AvgIpc) is 2.96. The van der Waals surface area contributed by atoms with Crippen molar-refractivity contribution in [1.82, 2.24) is 0 Å². The first-order valence-corrected chi connectivity index (χ1v) is 6.32. The zero-order valence-corrected chi connectivity index (χ0v) is 11.4. The molecule has 2 aromatic carbocycles. The Balaban J connectivity index is 1.96. The minimum absolute atomic E-state index is 0.208. The predicted octanol–water partition coefficient (Wildman–Crippen LogP) is 2.53. The second kappa shape index (κ2) is 5.24. The number of rotatable bonds is 3. The number of carbonyl (C=O) groups excluding carboxylic acids is 1. The van der Waals surface area contributed by atoms with Crippen molar-refractivity contribution in [3.63, 3.8) is 0 Å². The van der Waals surface area contributed by atoms with E-state index in [0.29, 0.717) is 28.4 Å². The van der Waals surface area contributed by atoms with Crippen molar-refractivity contribution in [2.45, 2.75) is 0 Å². The number of hydrogen-bond donors (Lipinski definition) is 2. The third-order valence-corrected chi connectivity index (χ3v) is 3.14. The fraction of sp³-hybridized carbons (Fsp3) is 0.133. The van der Waals surface area contributed by atoms with Gasteiger partial charge in [0.15, 0.2) is 11.5 Å². The van der Waals surface area contributed by atoms with Crippen molar-refractivity contribution >= 4 is 23.0 Å². The monoisotopic (exact) mass is 286 g/mol. The molecule has 1 aliphatic rings. The van der Waals surface area contributed by atoms with Crippen LogP contribution in [0, 0.1) is 0 Å². The lowest BCUT2D eigenvalue weighted by Crippen LogP contribution is -2.07. The number of anilines is 3. The van der Waals surface area contributed by atoms with Crippen LogP contribution in [-0.4, -0.2) is 19.9 Å². The summed E-state index contributed by atoms with van der Waals surface area (Å²) < 4.78 is 15.3. The summed E-state index contributed by atoms with van der Waals surface area (Å²) in [5, 5.41) is 3.12. The van der Waals surface area contributed by atoms with Gasteiger partial charge in [0.2, 0.25) is 6.79 Å². The van der Waals surface area contributed by atoms with Gasteiger partial charge in [-0.3, -0.25) is 0 Å². The molecule has 2 aromatic rings. The van der Waals surface area contributed by atoms with Crippen LogP contribution in [0.25, 0.3) is 0 Å². The third kappa shape index (κ3) is 2.43. The Bertz CT molecular complexity index is 700. The maximum atomic E-state index is 11.8. The molecule has 0 bridgehead atoms. The molecule has 21 heavy (non-hydrogen) atoms. The van der Waals surface area contributed by atoms with Gasteiger partial charge in [-0.25, -0.2) is 4.79 Å². The number of fused-ring (bicyclic) bond motifs is 1. The standard InChI is InChI=1S/C15H14N2O4/c1-19-15(18)10-3-2-4-11(16)14(10)17-9-5-6-12-13(7-9)21-8-20-12/h2-7,17H,8,16H2,1H3. The first kappa shape index (κ1) is 13.1. The molecule has 6 heteroatoms. The van der Waals surface area contributed by atoms with Crippen LogP contribution in [0.4, 0.5) is 17.1 Å². The van der Waals surface area contributed by atoms with E-state index in [9.17, 15) is 4.79 Å². The summed E-state index contributed by atoms with van der Waals surface area (Å²) in [5.74, 6) is 0.884. The second-order valence-corrected chi connectivity index (χ2v) is 4.45. The Kier molecular flexibility index (Phi) is 3.27. The van der Waals surface area contributed by atoms with Gasteiger partial charge < -0.3 is 25.3 Å². The van der Waals surface area contributed by atoms with E-state index < -0.39 is 5.97 Å². The number of carbonyl (C=O) groups is 1. The van der Waals surface area contributed by atoms with Crippen molar-refractivity contribution in [2.24, 2.45) is 0 Å². The van der Waals surface area contributed by atoms with Crippen LogP contribution in [0.5, 0.6) is 11.5 Å². The van der Waals surface area contributed by atoms with E-state index in [4.69, 9.17) is 19.9 Å². The van der Waals surface area contributed by atoms with E-state index in [1.165, 1.54) is 7.11 Å². The number of esters is 1. The smallest absolute Gasteiger partial charge is 0.340 e. The summed E-state index contributed by atoms with van der Waals surface area (Å²) >= 11 is 0. The largest absolute Gasteiger partial charge is 0.465 e. The topological polar surface area (TPSA) is 82.8 Å². The predicted molar refractivity (Wildman–Crippen MR) is 78.0 cm³/mol. The molecule has 0 aliphatic carbocycles. The van der Waals surface area contributed by atoms with Crippen LogP contribution in [0.1, 0.15) is 10.4 Å². The quantitative estimate of drug-likeness (QED) is 0.666. The number of nitrogen functional groups attached to an aromatic ring is 1. The van der Waals surface area contributed by atoms with E-state index >= 15 is 0 Å². The zero-order valence-electron chi connectivity index (χ0n) is 11.4. The van der Waals surface area contributed by atoms with Gasteiger partial charge in [-0.1, -0.05) is 6.07 Å². The Morgan fingerprint density at radius 3 is 2.86 bits per heavy atom. The van der Waals surface area contributed by atoms with E-state index in [2.05, 4.69) is 5.32 Å². The number of hydrogen-bond acceptors (Lipinski definition) is 6. The molecule has 0 spiro atoms. The molecule has 0 aromatic heterocycles. The van der Waals surface area contributed by atoms with Gasteiger partial charge in [-0.2, -0.15) is 0 Å². The normalized spacial score (nSPS) is 12.0. The van der Waals surface area contributed by atoms with Gasteiger partial charge in [0.1, 0.15) is 0 Å². The summed E-state index contributed by atoms with van der Waals surface area (Å²) in [6, 6.07) is 10.5. The molecule has 6 nitrogen and oxygen atoms in total. The molecule has 1 heterocycles. The summed E-state index contributed by atoms with van der Waals surface area (Å²) in [5.41, 5.74) is 8.01. The highest BCUT2D eigenvalue weighted by atomic mass is 16.7. The zero-order chi connectivity index (χ0) is 14.8. The fourth-order valence-corrected chi connectivity index (χ4v) is 2.11. The lowest BCUT2D eigenvalue weighted by molar-refractivity contribution is 0.0602. The molecule has 0 saturated heterocycles. The summed E-state index contributed by atoms with van der Waals surface area (Å²) in [6.45, 7) is 0.208. The third-order valence-electron chi connectivity index (χ3n) is 3.14. The van der Waals surface area contributed by atoms with Crippen LogP contribution in [0.3, 0.4) is 0 Å². The molecule has 0 atom stereocenters. The molecule has 3 N–H and O–H groups in total. The highest BCUT2D eigenvalue weighted by Gasteiger charge is 2.17. The number of ether oxygens (including phenoxy) is 3. The van der Waals surface area contributed by atoms with Crippen molar-refractivity contribution in [1.29, 1.82) is 0 Å². The number of para-hydroxylation sites is 1. The van der Waals surface area contributed by atoms with Gasteiger partial charge in [-0.15, -0.1) is 0 Å². The number of nitrogens with one attached hydrogen (secondary N) is 1. The molecule has 0 fully saturated rings.